The lowest BCUT2D eigenvalue weighted by molar-refractivity contribution is -0.115. The molecule has 5 heteroatoms. The first kappa shape index (κ1) is 16.3. The van der Waals surface area contributed by atoms with Crippen LogP contribution in [0.15, 0.2) is 24.3 Å². The summed E-state index contributed by atoms with van der Waals surface area (Å²) in [7, 11) is 0. The van der Waals surface area contributed by atoms with Crippen LogP contribution in [0.5, 0.6) is 0 Å². The minimum absolute atomic E-state index is 0. The Hall–Kier alpha value is -0.710. The van der Waals surface area contributed by atoms with Gasteiger partial charge in [-0.2, -0.15) is 0 Å². The third-order valence-corrected chi connectivity index (χ3v) is 4.37. The van der Waals surface area contributed by atoms with Gasteiger partial charge in [0.25, 0.3) is 0 Å². The molecule has 1 amide bonds. The predicted molar refractivity (Wildman–Crippen MR) is 85.2 cm³/mol. The standard InChI is InChI=1S/C14H20N2OS.ClH/c1-2-15-10-11-5-3-6-12(9-11)16-14(17)13-7-4-8-18-13;/h3,5-6,9,13,15H,2,4,7-8,10H2,1H3,(H,16,17);1H. The number of anilines is 1. The quantitative estimate of drug-likeness (QED) is 0.878. The summed E-state index contributed by atoms with van der Waals surface area (Å²) >= 11 is 1.76. The summed E-state index contributed by atoms with van der Waals surface area (Å²) in [5, 5.41) is 6.44. The fraction of sp³-hybridized carbons (Fsp3) is 0.500. The molecular formula is C14H21ClN2OS. The number of hydrogen-bond donors (Lipinski definition) is 2. The molecule has 1 saturated heterocycles. The van der Waals surface area contributed by atoms with Crippen molar-refractivity contribution in [2.45, 2.75) is 31.6 Å². The second-order valence-corrected chi connectivity index (χ2v) is 5.78. The fourth-order valence-electron chi connectivity index (χ4n) is 2.04. The van der Waals surface area contributed by atoms with E-state index in [4.69, 9.17) is 0 Å². The van der Waals surface area contributed by atoms with E-state index in [1.165, 1.54) is 5.56 Å². The Bertz CT molecular complexity index is 408. The molecule has 2 N–H and O–H groups in total. The highest BCUT2D eigenvalue weighted by Crippen LogP contribution is 2.27. The second kappa shape index (κ2) is 8.46. The zero-order valence-corrected chi connectivity index (χ0v) is 12.8. The lowest BCUT2D eigenvalue weighted by Gasteiger charge is -2.11. The van der Waals surface area contributed by atoms with Crippen molar-refractivity contribution in [3.63, 3.8) is 0 Å². The molecular weight excluding hydrogens is 280 g/mol. The number of carbonyl (C=O) groups excluding carboxylic acids is 1. The smallest absolute Gasteiger partial charge is 0.237 e. The van der Waals surface area contributed by atoms with Crippen LogP contribution in [0.2, 0.25) is 0 Å². The van der Waals surface area contributed by atoms with E-state index in [0.717, 1.165) is 37.4 Å². The minimum Gasteiger partial charge on any atom is -0.325 e. The molecule has 1 aliphatic heterocycles. The Kier molecular flexibility index (Phi) is 7.28. The van der Waals surface area contributed by atoms with E-state index in [1.807, 2.05) is 18.2 Å². The Morgan fingerprint density at radius 1 is 1.47 bits per heavy atom. The van der Waals surface area contributed by atoms with Crippen LogP contribution in [-0.4, -0.2) is 23.5 Å². The summed E-state index contributed by atoms with van der Waals surface area (Å²) < 4.78 is 0. The fourth-order valence-corrected chi connectivity index (χ4v) is 3.20. The molecule has 2 rings (SSSR count). The van der Waals surface area contributed by atoms with Gasteiger partial charge in [-0.15, -0.1) is 24.2 Å². The Labute approximate surface area is 125 Å². The normalized spacial score (nSPS) is 17.8. The van der Waals surface area contributed by atoms with Crippen molar-refractivity contribution >= 4 is 35.8 Å². The number of amides is 1. The van der Waals surface area contributed by atoms with Gasteiger partial charge in [-0.3, -0.25) is 4.79 Å². The molecule has 0 aliphatic carbocycles. The molecule has 19 heavy (non-hydrogen) atoms. The van der Waals surface area contributed by atoms with Gasteiger partial charge in [-0.05, 0) is 42.8 Å². The van der Waals surface area contributed by atoms with Crippen molar-refractivity contribution in [1.82, 2.24) is 5.32 Å². The Morgan fingerprint density at radius 2 is 2.32 bits per heavy atom. The van der Waals surface area contributed by atoms with E-state index in [9.17, 15) is 4.79 Å². The van der Waals surface area contributed by atoms with E-state index in [2.05, 4.69) is 23.6 Å². The molecule has 1 atom stereocenters. The topological polar surface area (TPSA) is 41.1 Å². The van der Waals surface area contributed by atoms with Crippen molar-refractivity contribution in [3.05, 3.63) is 29.8 Å². The highest BCUT2D eigenvalue weighted by atomic mass is 35.5. The van der Waals surface area contributed by atoms with Crippen LogP contribution in [0.25, 0.3) is 0 Å². The zero-order chi connectivity index (χ0) is 12.8. The van der Waals surface area contributed by atoms with Gasteiger partial charge >= 0.3 is 0 Å². The largest absolute Gasteiger partial charge is 0.325 e. The third kappa shape index (κ3) is 5.05. The van der Waals surface area contributed by atoms with Crippen LogP contribution in [0.3, 0.4) is 0 Å². The number of rotatable bonds is 5. The lowest BCUT2D eigenvalue weighted by atomic mass is 10.2. The molecule has 1 aromatic carbocycles. The van der Waals surface area contributed by atoms with Gasteiger partial charge in [-0.25, -0.2) is 0 Å². The molecule has 1 fully saturated rings. The van der Waals surface area contributed by atoms with E-state index < -0.39 is 0 Å². The van der Waals surface area contributed by atoms with Crippen LogP contribution < -0.4 is 10.6 Å². The number of carbonyl (C=O) groups is 1. The SMILES string of the molecule is CCNCc1cccc(NC(=O)C2CCCS2)c1.Cl. The van der Waals surface area contributed by atoms with Crippen LogP contribution in [0, 0.1) is 0 Å². The molecule has 1 aromatic rings. The first-order valence-corrected chi connectivity index (χ1v) is 7.56. The van der Waals surface area contributed by atoms with Crippen molar-refractivity contribution in [2.24, 2.45) is 0 Å². The van der Waals surface area contributed by atoms with Gasteiger partial charge in [0.2, 0.25) is 5.91 Å². The number of hydrogen-bond acceptors (Lipinski definition) is 3. The van der Waals surface area contributed by atoms with Gasteiger partial charge in [0.1, 0.15) is 0 Å². The van der Waals surface area contributed by atoms with E-state index in [1.54, 1.807) is 11.8 Å². The summed E-state index contributed by atoms with van der Waals surface area (Å²) in [6.07, 6.45) is 2.16. The zero-order valence-electron chi connectivity index (χ0n) is 11.1. The molecule has 106 valence electrons. The number of nitrogens with one attached hydrogen (secondary N) is 2. The minimum atomic E-state index is 0. The lowest BCUT2D eigenvalue weighted by Crippen LogP contribution is -2.23. The molecule has 0 spiro atoms. The van der Waals surface area contributed by atoms with Crippen LogP contribution in [-0.2, 0) is 11.3 Å². The van der Waals surface area contributed by atoms with Gasteiger partial charge in [0, 0.05) is 12.2 Å². The molecule has 1 aliphatic rings. The summed E-state index contributed by atoms with van der Waals surface area (Å²) in [6.45, 7) is 3.89. The molecule has 0 bridgehead atoms. The van der Waals surface area contributed by atoms with Crippen LogP contribution in [0.1, 0.15) is 25.3 Å². The monoisotopic (exact) mass is 300 g/mol. The first-order valence-electron chi connectivity index (χ1n) is 6.51. The summed E-state index contributed by atoms with van der Waals surface area (Å²) in [5.41, 5.74) is 2.11. The average molecular weight is 301 g/mol. The molecule has 1 unspecified atom stereocenters. The number of benzene rings is 1. The number of thioether (sulfide) groups is 1. The first-order chi connectivity index (χ1) is 8.79. The maximum absolute atomic E-state index is 12.0. The number of halogens is 1. The van der Waals surface area contributed by atoms with Crippen LogP contribution >= 0.6 is 24.2 Å². The third-order valence-electron chi connectivity index (χ3n) is 3.00. The molecule has 1 heterocycles. The van der Waals surface area contributed by atoms with Gasteiger partial charge < -0.3 is 10.6 Å². The second-order valence-electron chi connectivity index (χ2n) is 4.47. The predicted octanol–water partition coefficient (Wildman–Crippen LogP) is 3.05. The van der Waals surface area contributed by atoms with Gasteiger partial charge in [0.05, 0.1) is 5.25 Å². The van der Waals surface area contributed by atoms with E-state index in [-0.39, 0.29) is 23.6 Å². The van der Waals surface area contributed by atoms with Gasteiger partial charge in [-0.1, -0.05) is 19.1 Å². The van der Waals surface area contributed by atoms with Crippen molar-refractivity contribution in [3.8, 4) is 0 Å². The van der Waals surface area contributed by atoms with Gasteiger partial charge in [0.15, 0.2) is 0 Å². The maximum Gasteiger partial charge on any atom is 0.237 e. The maximum atomic E-state index is 12.0. The summed E-state index contributed by atoms with van der Waals surface area (Å²) in [5.74, 6) is 1.26. The molecule has 0 aromatic heterocycles. The highest BCUT2D eigenvalue weighted by Gasteiger charge is 2.23. The van der Waals surface area contributed by atoms with E-state index >= 15 is 0 Å². The van der Waals surface area contributed by atoms with Crippen LogP contribution in [0.4, 0.5) is 5.69 Å². The molecule has 0 radical (unpaired) electrons. The van der Waals surface area contributed by atoms with Crippen molar-refractivity contribution in [2.75, 3.05) is 17.6 Å². The summed E-state index contributed by atoms with van der Waals surface area (Å²) in [6, 6.07) is 8.06. The molecule has 3 nitrogen and oxygen atoms in total. The highest BCUT2D eigenvalue weighted by molar-refractivity contribution is 8.00. The molecule has 0 saturated carbocycles. The summed E-state index contributed by atoms with van der Waals surface area (Å²) in [4.78, 5) is 12.0. The van der Waals surface area contributed by atoms with Crippen molar-refractivity contribution in [1.29, 1.82) is 0 Å². The van der Waals surface area contributed by atoms with Crippen molar-refractivity contribution < 1.29 is 4.79 Å². The van der Waals surface area contributed by atoms with E-state index in [0.29, 0.717) is 0 Å². The average Bonchev–Trinajstić information content (AvgIpc) is 2.91. The Balaban J connectivity index is 0.00000180. The Morgan fingerprint density at radius 3 is 3.00 bits per heavy atom.